The van der Waals surface area contributed by atoms with Crippen LogP contribution in [-0.4, -0.2) is 62.6 Å². The molecule has 3 heterocycles. The number of hydrogen-bond acceptors (Lipinski definition) is 8. The Balaban J connectivity index is 1.48. The van der Waals surface area contributed by atoms with Crippen LogP contribution in [0.2, 0.25) is 18.1 Å². The van der Waals surface area contributed by atoms with E-state index in [1.165, 1.54) is 0 Å². The molecular weight excluding hydrogens is 410 g/mol. The number of nitrogens with zero attached hydrogens (tertiary/aromatic N) is 1. The van der Waals surface area contributed by atoms with Crippen LogP contribution in [0.5, 0.6) is 0 Å². The molecule has 162 valence electrons. The molecule has 1 unspecified atom stereocenters. The maximum absolute atomic E-state index is 12.6. The number of amides is 2. The van der Waals surface area contributed by atoms with E-state index in [4.69, 9.17) is 23.5 Å². The van der Waals surface area contributed by atoms with Gasteiger partial charge in [-0.25, -0.2) is 9.63 Å². The van der Waals surface area contributed by atoms with E-state index in [2.05, 4.69) is 33.9 Å². The van der Waals surface area contributed by atoms with Crippen molar-refractivity contribution in [1.82, 2.24) is 5.06 Å². The summed E-state index contributed by atoms with van der Waals surface area (Å²) in [6.07, 6.45) is -4.31. The molecule has 30 heavy (non-hydrogen) atoms. The van der Waals surface area contributed by atoms with Crippen LogP contribution < -0.4 is 0 Å². The Morgan fingerprint density at radius 1 is 1.00 bits per heavy atom. The van der Waals surface area contributed by atoms with Crippen LogP contribution in [0.4, 0.5) is 4.79 Å². The zero-order valence-corrected chi connectivity index (χ0v) is 18.5. The first kappa shape index (κ1) is 21.0. The van der Waals surface area contributed by atoms with E-state index >= 15 is 0 Å². The molecule has 0 spiro atoms. The predicted molar refractivity (Wildman–Crippen MR) is 105 cm³/mol. The molecule has 0 aromatic heterocycles. The summed E-state index contributed by atoms with van der Waals surface area (Å²) < 4.78 is 22.5. The van der Waals surface area contributed by atoms with Crippen LogP contribution in [0.15, 0.2) is 24.3 Å². The third-order valence-corrected chi connectivity index (χ3v) is 10.6. The Labute approximate surface area is 175 Å². The Bertz CT molecular complexity index is 860. The van der Waals surface area contributed by atoms with Gasteiger partial charge in [0.1, 0.15) is 6.10 Å². The van der Waals surface area contributed by atoms with E-state index in [-0.39, 0.29) is 22.8 Å². The highest BCUT2D eigenvalue weighted by molar-refractivity contribution is 6.74. The van der Waals surface area contributed by atoms with Crippen molar-refractivity contribution in [3.8, 4) is 0 Å². The normalized spacial score (nSPS) is 28.4. The van der Waals surface area contributed by atoms with Crippen molar-refractivity contribution in [2.75, 3.05) is 6.61 Å². The number of carbonyl (C=O) groups excluding carboxylic acids is 3. The zero-order valence-electron chi connectivity index (χ0n) is 17.5. The predicted octanol–water partition coefficient (Wildman–Crippen LogP) is 2.86. The average molecular weight is 436 g/mol. The number of benzene rings is 1. The van der Waals surface area contributed by atoms with Gasteiger partial charge in [-0.05, 0) is 30.3 Å². The van der Waals surface area contributed by atoms with Crippen LogP contribution >= 0.6 is 0 Å². The van der Waals surface area contributed by atoms with E-state index in [1.54, 1.807) is 24.3 Å². The standard InChI is InChI=1S/C20H25NO8Si/c1-20(2,3)30(4,5)25-10-13-14-15(28-19(24)27-14)18(26-13)29-21-16(22)11-8-6-7-9-12(11)17(21)23/h6-9,13-15,18H,10H2,1-5H3/t13-,14-,15-,18?/m1/s1. The second kappa shape index (κ2) is 7.15. The van der Waals surface area contributed by atoms with Crippen LogP contribution in [-0.2, 0) is 23.5 Å². The lowest BCUT2D eigenvalue weighted by atomic mass is 10.1. The first-order valence-electron chi connectivity index (χ1n) is 9.81. The molecule has 2 saturated heterocycles. The van der Waals surface area contributed by atoms with Gasteiger partial charge in [-0.2, -0.15) is 0 Å². The van der Waals surface area contributed by atoms with Crippen molar-refractivity contribution in [1.29, 1.82) is 0 Å². The number of ether oxygens (including phenoxy) is 3. The largest absolute Gasteiger partial charge is 0.509 e. The summed E-state index contributed by atoms with van der Waals surface area (Å²) in [4.78, 5) is 42.4. The number of hydrogen-bond donors (Lipinski definition) is 0. The minimum atomic E-state index is -2.08. The van der Waals surface area contributed by atoms with E-state index in [9.17, 15) is 14.4 Å². The maximum atomic E-state index is 12.6. The Morgan fingerprint density at radius 3 is 2.13 bits per heavy atom. The summed E-state index contributed by atoms with van der Waals surface area (Å²) in [7, 11) is -2.08. The van der Waals surface area contributed by atoms with E-state index in [0.717, 1.165) is 0 Å². The Kier molecular flexibility index (Phi) is 5.00. The fourth-order valence-electron chi connectivity index (χ4n) is 3.30. The van der Waals surface area contributed by atoms with Crippen LogP contribution in [0.3, 0.4) is 0 Å². The monoisotopic (exact) mass is 435 g/mol. The summed E-state index contributed by atoms with van der Waals surface area (Å²) >= 11 is 0. The molecule has 4 atom stereocenters. The molecule has 0 N–H and O–H groups in total. The third-order valence-electron chi connectivity index (χ3n) is 6.11. The van der Waals surface area contributed by atoms with E-state index < -0.39 is 50.9 Å². The highest BCUT2D eigenvalue weighted by Gasteiger charge is 2.57. The summed E-state index contributed by atoms with van der Waals surface area (Å²) in [5.74, 6) is -1.19. The fourth-order valence-corrected chi connectivity index (χ4v) is 4.32. The van der Waals surface area contributed by atoms with Crippen LogP contribution in [0.25, 0.3) is 0 Å². The first-order chi connectivity index (χ1) is 14.0. The molecule has 2 amide bonds. The van der Waals surface area contributed by atoms with Gasteiger partial charge in [0.2, 0.25) is 6.29 Å². The maximum Gasteiger partial charge on any atom is 0.509 e. The van der Waals surface area contributed by atoms with E-state index in [1.807, 2.05) is 0 Å². The van der Waals surface area contributed by atoms with Crippen molar-refractivity contribution in [2.24, 2.45) is 0 Å². The summed E-state index contributed by atoms with van der Waals surface area (Å²) in [5.41, 5.74) is 0.490. The van der Waals surface area contributed by atoms with Crippen molar-refractivity contribution < 1.29 is 37.9 Å². The minimum Gasteiger partial charge on any atom is -0.424 e. The zero-order chi connectivity index (χ0) is 21.8. The Morgan fingerprint density at radius 2 is 1.57 bits per heavy atom. The van der Waals surface area contributed by atoms with Gasteiger partial charge in [0.15, 0.2) is 20.5 Å². The molecule has 1 aromatic carbocycles. The second-order valence-corrected chi connectivity index (χ2v) is 13.9. The van der Waals surface area contributed by atoms with Crippen molar-refractivity contribution in [3.63, 3.8) is 0 Å². The average Bonchev–Trinajstić information content (AvgIpc) is 3.27. The minimum absolute atomic E-state index is 0.00999. The second-order valence-electron chi connectivity index (χ2n) is 9.08. The quantitative estimate of drug-likeness (QED) is 0.395. The van der Waals surface area contributed by atoms with Crippen LogP contribution in [0.1, 0.15) is 41.5 Å². The molecule has 2 fully saturated rings. The van der Waals surface area contributed by atoms with Gasteiger partial charge in [0.25, 0.3) is 11.8 Å². The molecule has 1 aromatic rings. The van der Waals surface area contributed by atoms with Gasteiger partial charge in [0.05, 0.1) is 17.7 Å². The molecular formula is C20H25NO8Si. The molecule has 0 radical (unpaired) electrons. The fraction of sp³-hybridized carbons (Fsp3) is 0.550. The summed E-state index contributed by atoms with van der Waals surface area (Å²) in [6, 6.07) is 6.42. The topological polar surface area (TPSA) is 101 Å². The number of imide groups is 1. The summed E-state index contributed by atoms with van der Waals surface area (Å²) in [5, 5.41) is 0.638. The van der Waals surface area contributed by atoms with Gasteiger partial charge >= 0.3 is 6.16 Å². The van der Waals surface area contributed by atoms with Crippen LogP contribution in [0, 0.1) is 0 Å². The molecule has 0 saturated carbocycles. The molecule has 4 rings (SSSR count). The van der Waals surface area contributed by atoms with E-state index in [0.29, 0.717) is 5.06 Å². The third kappa shape index (κ3) is 3.43. The highest BCUT2D eigenvalue weighted by atomic mass is 28.4. The molecule has 3 aliphatic heterocycles. The number of fused-ring (bicyclic) bond motifs is 2. The number of carbonyl (C=O) groups is 3. The van der Waals surface area contributed by atoms with Crippen molar-refractivity contribution >= 4 is 26.3 Å². The van der Waals surface area contributed by atoms with Gasteiger partial charge in [-0.3, -0.25) is 9.59 Å². The molecule has 3 aliphatic rings. The molecule has 10 heteroatoms. The highest BCUT2D eigenvalue weighted by Crippen LogP contribution is 2.39. The first-order valence-corrected chi connectivity index (χ1v) is 12.7. The smallest absolute Gasteiger partial charge is 0.424 e. The van der Waals surface area contributed by atoms with Gasteiger partial charge in [-0.15, -0.1) is 5.06 Å². The summed E-state index contributed by atoms with van der Waals surface area (Å²) in [6.45, 7) is 10.7. The number of rotatable bonds is 5. The Hall–Kier alpha value is -2.27. The molecule has 0 aliphatic carbocycles. The lowest BCUT2D eigenvalue weighted by Crippen LogP contribution is -2.44. The lowest BCUT2D eigenvalue weighted by molar-refractivity contribution is -0.249. The van der Waals surface area contributed by atoms with Crippen molar-refractivity contribution in [2.45, 2.75) is 63.5 Å². The SMILES string of the molecule is CC(C)(C)[Si](C)(C)OC[C@H]1OC(ON2C(=O)c3ccccc3C2=O)[C@@H]2OC(=O)O[C@H]12. The van der Waals surface area contributed by atoms with Gasteiger partial charge < -0.3 is 18.6 Å². The lowest BCUT2D eigenvalue weighted by Gasteiger charge is -2.37. The van der Waals surface area contributed by atoms with Gasteiger partial charge in [0, 0.05) is 0 Å². The van der Waals surface area contributed by atoms with Crippen molar-refractivity contribution in [3.05, 3.63) is 35.4 Å². The van der Waals surface area contributed by atoms with Gasteiger partial charge in [-0.1, -0.05) is 32.9 Å². The molecule has 9 nitrogen and oxygen atoms in total. The molecule has 0 bridgehead atoms. The number of hydroxylamine groups is 2.